The Morgan fingerprint density at radius 2 is 1.69 bits per heavy atom. The second-order valence-corrected chi connectivity index (χ2v) is 6.23. The van der Waals surface area contributed by atoms with Crippen LogP contribution >= 0.6 is 24.8 Å². The van der Waals surface area contributed by atoms with Crippen molar-refractivity contribution in [3.63, 3.8) is 0 Å². The molecule has 1 heterocycles. The summed E-state index contributed by atoms with van der Waals surface area (Å²) >= 11 is 0. The third-order valence-corrected chi connectivity index (χ3v) is 3.89. The molecule has 1 aromatic rings. The summed E-state index contributed by atoms with van der Waals surface area (Å²) in [5.41, 5.74) is 6.93. The van der Waals surface area contributed by atoms with Crippen LogP contribution in [-0.2, 0) is 14.3 Å². The molecule has 9 heteroatoms. The number of nitrogens with zero attached hydrogens (tertiary/aromatic N) is 1. The molecule has 2 atom stereocenters. The van der Waals surface area contributed by atoms with Crippen LogP contribution in [0, 0.1) is 0 Å². The molecule has 1 aromatic carbocycles. The van der Waals surface area contributed by atoms with E-state index in [1.165, 1.54) is 0 Å². The van der Waals surface area contributed by atoms with Crippen LogP contribution in [0.2, 0.25) is 0 Å². The number of hydrogen-bond acceptors (Lipinski definition) is 5. The maximum absolute atomic E-state index is 12.1. The normalized spacial score (nSPS) is 18.6. The number of nitrogens with two attached hydrogens (primary N) is 1. The molecular formula is C17H28Cl2N4O3. The Morgan fingerprint density at radius 3 is 2.19 bits per heavy atom. The first-order valence-electron chi connectivity index (χ1n) is 8.19. The van der Waals surface area contributed by atoms with E-state index in [2.05, 4.69) is 10.6 Å². The number of nitrogens with one attached hydrogen (secondary N) is 2. The van der Waals surface area contributed by atoms with Crippen molar-refractivity contribution in [3.05, 3.63) is 24.3 Å². The molecule has 1 aliphatic rings. The molecule has 148 valence electrons. The van der Waals surface area contributed by atoms with Crippen molar-refractivity contribution in [2.24, 2.45) is 5.73 Å². The van der Waals surface area contributed by atoms with E-state index in [4.69, 9.17) is 10.5 Å². The maximum Gasteiger partial charge on any atom is 0.253 e. The number of amides is 2. The highest BCUT2D eigenvalue weighted by atomic mass is 35.5. The van der Waals surface area contributed by atoms with Gasteiger partial charge in [0.15, 0.2) is 0 Å². The highest BCUT2D eigenvalue weighted by Gasteiger charge is 2.29. The van der Waals surface area contributed by atoms with Crippen molar-refractivity contribution in [3.8, 4) is 0 Å². The third kappa shape index (κ3) is 7.88. The van der Waals surface area contributed by atoms with Gasteiger partial charge in [0.1, 0.15) is 6.10 Å². The summed E-state index contributed by atoms with van der Waals surface area (Å²) in [4.78, 5) is 25.9. The van der Waals surface area contributed by atoms with Crippen LogP contribution in [0.4, 0.5) is 11.4 Å². The first-order chi connectivity index (χ1) is 11.5. The summed E-state index contributed by atoms with van der Waals surface area (Å²) in [5.74, 6) is -0.193. The van der Waals surface area contributed by atoms with E-state index in [1.807, 2.05) is 19.0 Å². The van der Waals surface area contributed by atoms with Gasteiger partial charge in [0.2, 0.25) is 5.91 Å². The predicted molar refractivity (Wildman–Crippen MR) is 108 cm³/mol. The lowest BCUT2D eigenvalue weighted by Gasteiger charge is -2.13. The minimum atomic E-state index is -0.441. The number of hydrogen-bond donors (Lipinski definition) is 3. The second-order valence-electron chi connectivity index (χ2n) is 6.23. The minimum Gasteiger partial charge on any atom is -0.364 e. The minimum absolute atomic E-state index is 0. The Balaban J connectivity index is 0.00000312. The molecule has 0 radical (unpaired) electrons. The van der Waals surface area contributed by atoms with E-state index in [0.29, 0.717) is 37.3 Å². The number of halogens is 2. The zero-order valence-corrected chi connectivity index (χ0v) is 16.7. The zero-order valence-electron chi connectivity index (χ0n) is 15.1. The van der Waals surface area contributed by atoms with Crippen molar-refractivity contribution in [2.45, 2.75) is 31.5 Å². The number of rotatable bonds is 7. The van der Waals surface area contributed by atoms with Gasteiger partial charge in [0, 0.05) is 30.9 Å². The smallest absolute Gasteiger partial charge is 0.253 e. The topological polar surface area (TPSA) is 96.7 Å². The molecule has 1 fully saturated rings. The fourth-order valence-electron chi connectivity index (χ4n) is 2.48. The van der Waals surface area contributed by atoms with Gasteiger partial charge in [-0.05, 0) is 51.2 Å². The Hall–Kier alpha value is -1.38. The van der Waals surface area contributed by atoms with Gasteiger partial charge in [-0.15, -0.1) is 24.8 Å². The van der Waals surface area contributed by atoms with Crippen LogP contribution in [0.5, 0.6) is 0 Å². The molecule has 0 aromatic heterocycles. The number of benzene rings is 1. The van der Waals surface area contributed by atoms with Crippen LogP contribution < -0.4 is 16.4 Å². The molecule has 0 unspecified atom stereocenters. The Morgan fingerprint density at radius 1 is 1.12 bits per heavy atom. The zero-order chi connectivity index (χ0) is 17.5. The van der Waals surface area contributed by atoms with Crippen molar-refractivity contribution in [2.75, 3.05) is 37.8 Å². The fourth-order valence-corrected chi connectivity index (χ4v) is 2.48. The van der Waals surface area contributed by atoms with Gasteiger partial charge in [0.25, 0.3) is 5.91 Å². The van der Waals surface area contributed by atoms with Crippen molar-refractivity contribution >= 4 is 48.0 Å². The summed E-state index contributed by atoms with van der Waals surface area (Å²) in [6, 6.07) is 7.05. The quantitative estimate of drug-likeness (QED) is 0.641. The van der Waals surface area contributed by atoms with E-state index < -0.39 is 6.10 Å². The molecule has 1 aliphatic heterocycles. The lowest BCUT2D eigenvalue weighted by Crippen LogP contribution is -2.29. The van der Waals surface area contributed by atoms with Gasteiger partial charge in [-0.1, -0.05) is 0 Å². The summed E-state index contributed by atoms with van der Waals surface area (Å²) < 4.78 is 5.57. The molecule has 0 saturated carbocycles. The Labute approximate surface area is 166 Å². The van der Waals surface area contributed by atoms with Crippen LogP contribution in [0.15, 0.2) is 24.3 Å². The Kier molecular flexibility index (Phi) is 11.4. The molecule has 7 nitrogen and oxygen atoms in total. The average Bonchev–Trinajstić information content (AvgIpc) is 3.04. The van der Waals surface area contributed by atoms with Gasteiger partial charge >= 0.3 is 0 Å². The number of anilines is 2. The number of ether oxygens (including phenoxy) is 1. The Bertz CT molecular complexity index is 570. The lowest BCUT2D eigenvalue weighted by molar-refractivity contribution is -0.126. The van der Waals surface area contributed by atoms with Gasteiger partial charge in [-0.25, -0.2) is 0 Å². The predicted octanol–water partition coefficient (Wildman–Crippen LogP) is 1.87. The number of carbonyl (C=O) groups excluding carboxylic acids is 2. The largest absolute Gasteiger partial charge is 0.364 e. The van der Waals surface area contributed by atoms with Crippen LogP contribution in [0.1, 0.15) is 19.3 Å². The second kappa shape index (κ2) is 12.1. The lowest BCUT2D eigenvalue weighted by atomic mass is 10.2. The highest BCUT2D eigenvalue weighted by molar-refractivity contribution is 5.95. The van der Waals surface area contributed by atoms with E-state index in [0.717, 1.165) is 6.42 Å². The first kappa shape index (κ1) is 24.6. The summed E-state index contributed by atoms with van der Waals surface area (Å²) in [5, 5.41) is 5.65. The molecule has 26 heavy (non-hydrogen) atoms. The summed E-state index contributed by atoms with van der Waals surface area (Å²) in [6.45, 7) is 1.14. The van der Waals surface area contributed by atoms with E-state index in [1.54, 1.807) is 24.3 Å². The van der Waals surface area contributed by atoms with Crippen molar-refractivity contribution < 1.29 is 14.3 Å². The molecule has 2 rings (SSSR count). The maximum atomic E-state index is 12.1. The van der Waals surface area contributed by atoms with E-state index in [-0.39, 0.29) is 42.7 Å². The molecule has 4 N–H and O–H groups in total. The first-order valence-corrected chi connectivity index (χ1v) is 8.19. The molecule has 2 amide bonds. The summed E-state index contributed by atoms with van der Waals surface area (Å²) in [6.07, 6.45) is 1.47. The van der Waals surface area contributed by atoms with Crippen LogP contribution in [0.25, 0.3) is 0 Å². The van der Waals surface area contributed by atoms with Crippen molar-refractivity contribution in [1.29, 1.82) is 0 Å². The van der Waals surface area contributed by atoms with Crippen molar-refractivity contribution in [1.82, 2.24) is 4.90 Å². The monoisotopic (exact) mass is 406 g/mol. The molecular weight excluding hydrogens is 379 g/mol. The SMILES string of the molecule is CN(C)CCC(=O)Nc1ccc(NC(=O)[C@@H]2CC[C@H](CN)O2)cc1.Cl.Cl. The van der Waals surface area contributed by atoms with Crippen LogP contribution in [0.3, 0.4) is 0 Å². The highest BCUT2D eigenvalue weighted by Crippen LogP contribution is 2.21. The van der Waals surface area contributed by atoms with Gasteiger partial charge < -0.3 is 26.0 Å². The van der Waals surface area contributed by atoms with Gasteiger partial charge in [-0.2, -0.15) is 0 Å². The molecule has 1 saturated heterocycles. The fraction of sp³-hybridized carbons (Fsp3) is 0.529. The molecule has 0 aliphatic carbocycles. The molecule has 0 bridgehead atoms. The third-order valence-electron chi connectivity index (χ3n) is 3.89. The molecule has 0 spiro atoms. The summed E-state index contributed by atoms with van der Waals surface area (Å²) in [7, 11) is 3.85. The van der Waals surface area contributed by atoms with Gasteiger partial charge in [-0.3, -0.25) is 9.59 Å². The standard InChI is InChI=1S/C17H26N4O3.2ClH/c1-21(2)10-9-16(22)19-12-3-5-13(6-4-12)20-17(23)15-8-7-14(11-18)24-15;;/h3-6,14-15H,7-11,18H2,1-2H3,(H,19,22)(H,20,23);2*1H/t14-,15+;;/m1../s1. The van der Waals surface area contributed by atoms with E-state index >= 15 is 0 Å². The van der Waals surface area contributed by atoms with Crippen LogP contribution in [-0.4, -0.2) is 56.1 Å². The number of carbonyl (C=O) groups is 2. The van der Waals surface area contributed by atoms with Gasteiger partial charge in [0.05, 0.1) is 6.10 Å². The average molecular weight is 407 g/mol. The van der Waals surface area contributed by atoms with E-state index in [9.17, 15) is 9.59 Å².